The van der Waals surface area contributed by atoms with Gasteiger partial charge in [-0.3, -0.25) is 19.5 Å². The first-order valence-electron chi connectivity index (χ1n) is 9.91. The minimum absolute atomic E-state index is 0.226. The number of carbonyl (C=O) groups is 2. The van der Waals surface area contributed by atoms with Crippen molar-refractivity contribution >= 4 is 17.6 Å². The predicted molar refractivity (Wildman–Crippen MR) is 118 cm³/mol. The Morgan fingerprint density at radius 1 is 0.800 bits per heavy atom. The maximum Gasteiger partial charge on any atom is 0.261 e. The average molecular weight is 397 g/mol. The fourth-order valence-electron chi connectivity index (χ4n) is 3.71. The van der Waals surface area contributed by atoms with E-state index >= 15 is 0 Å². The van der Waals surface area contributed by atoms with Crippen LogP contribution in [0.15, 0.2) is 77.8 Å². The van der Waals surface area contributed by atoms with Gasteiger partial charge in [0.25, 0.3) is 11.8 Å². The van der Waals surface area contributed by atoms with Gasteiger partial charge >= 0.3 is 0 Å². The van der Waals surface area contributed by atoms with Gasteiger partial charge in [0.05, 0.1) is 17.7 Å². The Kier molecular flexibility index (Phi) is 5.44. The first kappa shape index (κ1) is 19.6. The summed E-state index contributed by atoms with van der Waals surface area (Å²) in [6.07, 6.45) is 1.76. The summed E-state index contributed by atoms with van der Waals surface area (Å²) >= 11 is 0. The number of nitrogens with two attached hydrogens (primary N) is 1. The Bertz CT molecular complexity index is 1100. The van der Waals surface area contributed by atoms with Gasteiger partial charge in [0.2, 0.25) is 0 Å². The molecule has 0 saturated carbocycles. The number of amidine groups is 1. The number of rotatable bonds is 6. The molecule has 0 fully saturated rings. The minimum atomic E-state index is -0.226. The second kappa shape index (κ2) is 8.33. The molecule has 5 heteroatoms. The van der Waals surface area contributed by atoms with Crippen LogP contribution in [-0.2, 0) is 19.4 Å². The van der Waals surface area contributed by atoms with Crippen LogP contribution in [0, 0.1) is 0 Å². The maximum absolute atomic E-state index is 12.6. The Hall–Kier alpha value is -3.73. The lowest BCUT2D eigenvalue weighted by molar-refractivity contribution is 0.0642. The predicted octanol–water partition coefficient (Wildman–Crippen LogP) is 3.60. The first-order chi connectivity index (χ1) is 14.6. The van der Waals surface area contributed by atoms with E-state index in [2.05, 4.69) is 29.3 Å². The molecule has 5 nitrogen and oxygen atoms in total. The zero-order valence-electron chi connectivity index (χ0n) is 16.8. The molecule has 4 rings (SSSR count). The van der Waals surface area contributed by atoms with Gasteiger partial charge < -0.3 is 5.73 Å². The number of amides is 2. The Labute approximate surface area is 175 Å². The molecule has 2 N–H and O–H groups in total. The SMILES string of the molecule is CN=C(N)c1ccc(CCc2cccc(CN3C(=O)c4ccccc4C3=O)c2)cc1. The number of benzene rings is 3. The Morgan fingerprint density at radius 2 is 1.40 bits per heavy atom. The van der Waals surface area contributed by atoms with E-state index in [0.717, 1.165) is 24.0 Å². The van der Waals surface area contributed by atoms with E-state index in [4.69, 9.17) is 5.73 Å². The van der Waals surface area contributed by atoms with Crippen LogP contribution in [0.3, 0.4) is 0 Å². The zero-order valence-corrected chi connectivity index (χ0v) is 16.8. The largest absolute Gasteiger partial charge is 0.384 e. The highest BCUT2D eigenvalue weighted by atomic mass is 16.2. The van der Waals surface area contributed by atoms with Crippen LogP contribution in [0.2, 0.25) is 0 Å². The second-order valence-electron chi connectivity index (χ2n) is 7.37. The first-order valence-corrected chi connectivity index (χ1v) is 9.91. The van der Waals surface area contributed by atoms with Crippen LogP contribution in [0.25, 0.3) is 0 Å². The van der Waals surface area contributed by atoms with E-state index in [-0.39, 0.29) is 18.4 Å². The fraction of sp³-hybridized carbons (Fsp3) is 0.160. The molecular weight excluding hydrogens is 374 g/mol. The number of aliphatic imine (C=N–C) groups is 1. The highest BCUT2D eigenvalue weighted by molar-refractivity contribution is 6.21. The number of nitrogens with zero attached hydrogens (tertiary/aromatic N) is 2. The molecule has 0 aliphatic carbocycles. The molecule has 30 heavy (non-hydrogen) atoms. The third-order valence-corrected chi connectivity index (χ3v) is 5.40. The van der Waals surface area contributed by atoms with Crippen molar-refractivity contribution in [3.8, 4) is 0 Å². The van der Waals surface area contributed by atoms with Crippen molar-refractivity contribution in [2.24, 2.45) is 10.7 Å². The van der Waals surface area contributed by atoms with Crippen molar-refractivity contribution in [3.05, 3.63) is 106 Å². The van der Waals surface area contributed by atoms with E-state index in [1.807, 2.05) is 24.3 Å². The van der Waals surface area contributed by atoms with Crippen molar-refractivity contribution < 1.29 is 9.59 Å². The van der Waals surface area contributed by atoms with Crippen LogP contribution in [-0.4, -0.2) is 29.6 Å². The molecular formula is C25H23N3O2. The molecule has 3 aromatic carbocycles. The van der Waals surface area contributed by atoms with Gasteiger partial charge in [-0.15, -0.1) is 0 Å². The average Bonchev–Trinajstić information content (AvgIpc) is 3.03. The quantitative estimate of drug-likeness (QED) is 0.392. The molecule has 0 radical (unpaired) electrons. The van der Waals surface area contributed by atoms with Gasteiger partial charge in [0, 0.05) is 12.6 Å². The van der Waals surface area contributed by atoms with Gasteiger partial charge in [0.1, 0.15) is 5.84 Å². The Balaban J connectivity index is 1.42. The molecule has 0 bridgehead atoms. The maximum atomic E-state index is 12.6. The lowest BCUT2D eigenvalue weighted by Gasteiger charge is -2.14. The highest BCUT2D eigenvalue weighted by Crippen LogP contribution is 2.24. The molecule has 0 saturated heterocycles. The molecule has 1 aliphatic heterocycles. The van der Waals surface area contributed by atoms with Crippen molar-refractivity contribution in [1.82, 2.24) is 4.90 Å². The number of imide groups is 1. The van der Waals surface area contributed by atoms with Crippen molar-refractivity contribution in [2.45, 2.75) is 19.4 Å². The summed E-state index contributed by atoms with van der Waals surface area (Å²) in [7, 11) is 1.68. The van der Waals surface area contributed by atoms with Crippen molar-refractivity contribution in [3.63, 3.8) is 0 Å². The van der Waals surface area contributed by atoms with Gasteiger partial charge in [-0.25, -0.2) is 0 Å². The van der Waals surface area contributed by atoms with E-state index in [0.29, 0.717) is 17.0 Å². The molecule has 2 amide bonds. The second-order valence-corrected chi connectivity index (χ2v) is 7.37. The monoisotopic (exact) mass is 397 g/mol. The number of hydrogen-bond donors (Lipinski definition) is 1. The summed E-state index contributed by atoms with van der Waals surface area (Å²) in [5.74, 6) is 0.0781. The lowest BCUT2D eigenvalue weighted by atomic mass is 10.0. The summed E-state index contributed by atoms with van der Waals surface area (Å²) in [5, 5.41) is 0. The van der Waals surface area contributed by atoms with Crippen molar-refractivity contribution in [2.75, 3.05) is 7.05 Å². The summed E-state index contributed by atoms with van der Waals surface area (Å²) in [6, 6.07) is 23.1. The fourth-order valence-corrected chi connectivity index (χ4v) is 3.71. The van der Waals surface area contributed by atoms with E-state index in [9.17, 15) is 9.59 Å². The van der Waals surface area contributed by atoms with Crippen LogP contribution < -0.4 is 5.73 Å². The van der Waals surface area contributed by atoms with Crippen molar-refractivity contribution in [1.29, 1.82) is 0 Å². The molecule has 0 atom stereocenters. The van der Waals surface area contributed by atoms with Crippen LogP contribution in [0.5, 0.6) is 0 Å². The molecule has 1 aliphatic rings. The number of carbonyl (C=O) groups excluding carboxylic acids is 2. The van der Waals surface area contributed by atoms with Gasteiger partial charge in [0.15, 0.2) is 0 Å². The normalized spacial score (nSPS) is 13.6. The third-order valence-electron chi connectivity index (χ3n) is 5.40. The van der Waals surface area contributed by atoms with Crippen LogP contribution in [0.4, 0.5) is 0 Å². The smallest absolute Gasteiger partial charge is 0.261 e. The number of hydrogen-bond acceptors (Lipinski definition) is 3. The summed E-state index contributed by atoms with van der Waals surface area (Å²) < 4.78 is 0. The molecule has 150 valence electrons. The number of fused-ring (bicyclic) bond motifs is 1. The standard InChI is InChI=1S/C25H23N3O2/c1-27-23(26)20-13-11-17(12-14-20)9-10-18-5-4-6-19(15-18)16-28-24(29)21-7-2-3-8-22(21)25(28)30/h2-8,11-15H,9-10,16H2,1H3,(H2,26,27). The molecule has 1 heterocycles. The van der Waals surface area contributed by atoms with Crippen LogP contribution in [0.1, 0.15) is 43.0 Å². The van der Waals surface area contributed by atoms with E-state index in [1.54, 1.807) is 31.3 Å². The molecule has 0 spiro atoms. The highest BCUT2D eigenvalue weighted by Gasteiger charge is 2.34. The summed E-state index contributed by atoms with van der Waals surface area (Å²) in [4.78, 5) is 30.5. The van der Waals surface area contributed by atoms with Gasteiger partial charge in [-0.05, 0) is 41.7 Å². The number of aryl methyl sites for hydroxylation is 2. The summed E-state index contributed by atoms with van der Waals surface area (Å²) in [5.41, 5.74) is 11.1. The zero-order chi connectivity index (χ0) is 21.1. The molecule has 3 aromatic rings. The Morgan fingerprint density at radius 3 is 2.03 bits per heavy atom. The van der Waals surface area contributed by atoms with E-state index < -0.39 is 0 Å². The molecule has 0 unspecified atom stereocenters. The molecule has 0 aromatic heterocycles. The lowest BCUT2D eigenvalue weighted by Crippen LogP contribution is -2.29. The summed E-state index contributed by atoms with van der Waals surface area (Å²) in [6.45, 7) is 0.282. The van der Waals surface area contributed by atoms with Gasteiger partial charge in [-0.2, -0.15) is 0 Å². The van der Waals surface area contributed by atoms with Crippen LogP contribution >= 0.6 is 0 Å². The minimum Gasteiger partial charge on any atom is -0.384 e. The third kappa shape index (κ3) is 3.87. The van der Waals surface area contributed by atoms with Gasteiger partial charge in [-0.1, -0.05) is 60.7 Å². The van der Waals surface area contributed by atoms with E-state index in [1.165, 1.54) is 16.0 Å². The topological polar surface area (TPSA) is 75.8 Å².